The summed E-state index contributed by atoms with van der Waals surface area (Å²) in [7, 11) is 0. The van der Waals surface area contributed by atoms with Crippen LogP contribution in [0.5, 0.6) is 0 Å². The van der Waals surface area contributed by atoms with Crippen LogP contribution in [0, 0.1) is 0 Å². The normalized spacial score (nSPS) is 11.6. The van der Waals surface area contributed by atoms with E-state index in [1.807, 2.05) is 17.5 Å². The summed E-state index contributed by atoms with van der Waals surface area (Å²) in [4.78, 5) is 12.8. The van der Waals surface area contributed by atoms with Crippen LogP contribution in [-0.4, -0.2) is 22.5 Å². The van der Waals surface area contributed by atoms with Crippen molar-refractivity contribution in [1.82, 2.24) is 9.78 Å². The van der Waals surface area contributed by atoms with Crippen molar-refractivity contribution in [3.05, 3.63) is 44.0 Å². The van der Waals surface area contributed by atoms with Gasteiger partial charge in [-0.1, -0.05) is 17.7 Å². The zero-order chi connectivity index (χ0) is 15.5. The summed E-state index contributed by atoms with van der Waals surface area (Å²) in [5.74, 6) is 0. The summed E-state index contributed by atoms with van der Waals surface area (Å²) in [5.41, 5.74) is -0.730. The predicted molar refractivity (Wildman–Crippen MR) is 76.1 cm³/mol. The Kier molecular flexibility index (Phi) is 4.89. The van der Waals surface area contributed by atoms with E-state index in [9.17, 15) is 18.0 Å². The Morgan fingerprint density at radius 2 is 2.19 bits per heavy atom. The molecule has 0 unspecified atom stereocenters. The quantitative estimate of drug-likeness (QED) is 0.911. The van der Waals surface area contributed by atoms with E-state index in [0.29, 0.717) is 11.2 Å². The third-order valence-corrected chi connectivity index (χ3v) is 3.88. The predicted octanol–water partition coefficient (Wildman–Crippen LogP) is 3.18. The van der Waals surface area contributed by atoms with Crippen LogP contribution in [0.3, 0.4) is 0 Å². The van der Waals surface area contributed by atoms with Gasteiger partial charge in [0.25, 0.3) is 5.56 Å². The maximum absolute atomic E-state index is 12.3. The Morgan fingerprint density at radius 1 is 1.43 bits per heavy atom. The fourth-order valence-corrected chi connectivity index (χ4v) is 2.57. The number of aromatic nitrogens is 2. The van der Waals surface area contributed by atoms with Crippen molar-refractivity contribution in [1.29, 1.82) is 0 Å². The number of hydrogen-bond donors (Lipinski definition) is 1. The van der Waals surface area contributed by atoms with Crippen molar-refractivity contribution in [2.24, 2.45) is 0 Å². The molecule has 0 aromatic carbocycles. The lowest BCUT2D eigenvalue weighted by Gasteiger charge is -2.11. The molecule has 0 bridgehead atoms. The van der Waals surface area contributed by atoms with E-state index in [0.717, 1.165) is 17.5 Å². The molecule has 0 radical (unpaired) electrons. The molecule has 2 heterocycles. The molecule has 0 amide bonds. The Labute approximate surface area is 127 Å². The highest BCUT2D eigenvalue weighted by Crippen LogP contribution is 2.19. The minimum absolute atomic E-state index is 0.233. The van der Waals surface area contributed by atoms with E-state index >= 15 is 0 Å². The molecule has 0 fully saturated rings. The van der Waals surface area contributed by atoms with E-state index in [-0.39, 0.29) is 10.7 Å². The fraction of sp³-hybridized carbons (Fsp3) is 0.333. The highest BCUT2D eigenvalue weighted by molar-refractivity contribution is 7.09. The molecule has 21 heavy (non-hydrogen) atoms. The molecule has 0 spiro atoms. The molecule has 2 aromatic rings. The van der Waals surface area contributed by atoms with E-state index in [1.165, 1.54) is 0 Å². The molecule has 1 N–H and O–H groups in total. The molecule has 9 heteroatoms. The van der Waals surface area contributed by atoms with Crippen molar-refractivity contribution < 1.29 is 13.2 Å². The van der Waals surface area contributed by atoms with Crippen LogP contribution in [-0.2, 0) is 13.0 Å². The van der Waals surface area contributed by atoms with Crippen LogP contribution in [0.15, 0.2) is 28.5 Å². The first-order valence-corrected chi connectivity index (χ1v) is 7.21. The van der Waals surface area contributed by atoms with Crippen molar-refractivity contribution >= 4 is 28.6 Å². The second-order valence-electron chi connectivity index (χ2n) is 4.21. The van der Waals surface area contributed by atoms with Gasteiger partial charge in [0.05, 0.1) is 11.9 Å². The third-order valence-electron chi connectivity index (χ3n) is 2.58. The maximum Gasteiger partial charge on any atom is 0.408 e. The Bertz CT molecular complexity index is 655. The SMILES string of the molecule is O=c1c(Cl)c(NCCc2cccs2)cnn1CC(F)(F)F. The van der Waals surface area contributed by atoms with Crippen LogP contribution in [0.4, 0.5) is 18.9 Å². The number of hydrogen-bond acceptors (Lipinski definition) is 4. The molecule has 2 rings (SSSR count). The monoisotopic (exact) mass is 337 g/mol. The molecule has 0 aliphatic rings. The average Bonchev–Trinajstić information content (AvgIpc) is 2.89. The Hall–Kier alpha value is -1.54. The molecule has 0 saturated heterocycles. The van der Waals surface area contributed by atoms with Crippen LogP contribution in [0.2, 0.25) is 5.02 Å². The number of halogens is 4. The largest absolute Gasteiger partial charge is 0.408 e. The standard InChI is InChI=1S/C12H11ClF3N3OS/c13-10-9(17-4-3-8-2-1-5-21-8)6-18-19(11(10)20)7-12(14,15)16/h1-2,5-6,17H,3-4,7H2. The number of alkyl halides is 3. The molecular formula is C12H11ClF3N3OS. The minimum atomic E-state index is -4.52. The second-order valence-corrected chi connectivity index (χ2v) is 5.62. The smallest absolute Gasteiger partial charge is 0.382 e. The van der Waals surface area contributed by atoms with Crippen LogP contribution in [0.25, 0.3) is 0 Å². The number of nitrogens with zero attached hydrogens (tertiary/aromatic N) is 2. The first kappa shape index (κ1) is 15.8. The fourth-order valence-electron chi connectivity index (χ4n) is 1.65. The van der Waals surface area contributed by atoms with Gasteiger partial charge >= 0.3 is 6.18 Å². The van der Waals surface area contributed by atoms with Gasteiger partial charge in [-0.2, -0.15) is 18.3 Å². The number of thiophene rings is 1. The average molecular weight is 338 g/mol. The lowest BCUT2D eigenvalue weighted by molar-refractivity contribution is -0.143. The summed E-state index contributed by atoms with van der Waals surface area (Å²) < 4.78 is 37.1. The zero-order valence-electron chi connectivity index (χ0n) is 10.7. The Morgan fingerprint density at radius 3 is 2.81 bits per heavy atom. The van der Waals surface area contributed by atoms with Gasteiger partial charge in [-0.3, -0.25) is 4.79 Å². The summed E-state index contributed by atoms with van der Waals surface area (Å²) in [6.45, 7) is -0.953. The molecule has 0 aliphatic heterocycles. The highest BCUT2D eigenvalue weighted by atomic mass is 35.5. The lowest BCUT2D eigenvalue weighted by atomic mass is 10.3. The zero-order valence-corrected chi connectivity index (χ0v) is 12.2. The molecular weight excluding hydrogens is 327 g/mol. The van der Waals surface area contributed by atoms with E-state index < -0.39 is 18.3 Å². The summed E-state index contributed by atoms with van der Waals surface area (Å²) in [6, 6.07) is 3.89. The Balaban J connectivity index is 2.04. The van der Waals surface area contributed by atoms with Gasteiger partial charge in [-0.25, -0.2) is 4.68 Å². The molecule has 0 saturated carbocycles. The van der Waals surface area contributed by atoms with E-state index in [4.69, 9.17) is 11.6 Å². The molecule has 114 valence electrons. The number of nitrogens with one attached hydrogen (secondary N) is 1. The first-order chi connectivity index (χ1) is 9.87. The summed E-state index contributed by atoms with van der Waals surface area (Å²) in [5, 5.41) is 8.03. The lowest BCUT2D eigenvalue weighted by Crippen LogP contribution is -2.31. The molecule has 4 nitrogen and oxygen atoms in total. The van der Waals surface area contributed by atoms with Crippen LogP contribution < -0.4 is 10.9 Å². The van der Waals surface area contributed by atoms with Gasteiger partial charge < -0.3 is 5.32 Å². The van der Waals surface area contributed by atoms with E-state index in [1.54, 1.807) is 11.3 Å². The number of anilines is 1. The summed E-state index contributed by atoms with van der Waals surface area (Å²) in [6.07, 6.45) is -2.67. The highest BCUT2D eigenvalue weighted by Gasteiger charge is 2.29. The van der Waals surface area contributed by atoms with Gasteiger partial charge in [-0.15, -0.1) is 11.3 Å². The number of rotatable bonds is 5. The topological polar surface area (TPSA) is 46.9 Å². The van der Waals surface area contributed by atoms with Crippen molar-refractivity contribution in [3.63, 3.8) is 0 Å². The van der Waals surface area contributed by atoms with Crippen LogP contribution in [0.1, 0.15) is 4.88 Å². The molecule has 2 aromatic heterocycles. The summed E-state index contributed by atoms with van der Waals surface area (Å²) >= 11 is 7.38. The van der Waals surface area contributed by atoms with Gasteiger partial charge in [0.15, 0.2) is 0 Å². The first-order valence-electron chi connectivity index (χ1n) is 5.95. The van der Waals surface area contributed by atoms with Gasteiger partial charge in [0.1, 0.15) is 11.6 Å². The van der Waals surface area contributed by atoms with Crippen LogP contribution >= 0.6 is 22.9 Å². The van der Waals surface area contributed by atoms with Crippen molar-refractivity contribution in [2.75, 3.05) is 11.9 Å². The van der Waals surface area contributed by atoms with Gasteiger partial charge in [0, 0.05) is 11.4 Å². The third kappa shape index (κ3) is 4.47. The van der Waals surface area contributed by atoms with E-state index in [2.05, 4.69) is 10.4 Å². The minimum Gasteiger partial charge on any atom is -0.382 e. The maximum atomic E-state index is 12.3. The van der Waals surface area contributed by atoms with Gasteiger partial charge in [-0.05, 0) is 17.9 Å². The van der Waals surface area contributed by atoms with Gasteiger partial charge in [0.2, 0.25) is 0 Å². The molecule has 0 atom stereocenters. The molecule has 0 aliphatic carbocycles. The van der Waals surface area contributed by atoms with Crippen molar-refractivity contribution in [2.45, 2.75) is 19.1 Å². The van der Waals surface area contributed by atoms with Crippen molar-refractivity contribution in [3.8, 4) is 0 Å². The second kappa shape index (κ2) is 6.48.